The molecule has 120 valence electrons. The van der Waals surface area contributed by atoms with Crippen LogP contribution in [0.2, 0.25) is 0 Å². The van der Waals surface area contributed by atoms with Crippen molar-refractivity contribution in [3.63, 3.8) is 0 Å². The fraction of sp³-hybridized carbons (Fsp3) is 0.714. The van der Waals surface area contributed by atoms with E-state index in [4.69, 9.17) is 0 Å². The number of amides is 1. The van der Waals surface area contributed by atoms with Crippen LogP contribution in [-0.4, -0.2) is 22.2 Å². The molecule has 0 aromatic carbocycles. The molecular formula is C14H22F3N3O. The third-order valence-electron chi connectivity index (χ3n) is 3.22. The van der Waals surface area contributed by atoms with Gasteiger partial charge in [0.25, 0.3) is 5.91 Å². The number of aryl methyl sites for hydroxylation is 1. The molecule has 0 aliphatic carbocycles. The van der Waals surface area contributed by atoms with Gasteiger partial charge in [-0.2, -0.15) is 18.3 Å². The fourth-order valence-corrected chi connectivity index (χ4v) is 2.02. The first-order chi connectivity index (χ1) is 9.86. The fourth-order valence-electron chi connectivity index (χ4n) is 2.02. The van der Waals surface area contributed by atoms with Crippen LogP contribution in [0.25, 0.3) is 0 Å². The number of carbonyl (C=O) groups excluding carboxylic acids is 1. The van der Waals surface area contributed by atoms with Gasteiger partial charge in [-0.15, -0.1) is 0 Å². The number of carbonyl (C=O) groups is 1. The largest absolute Gasteiger partial charge is 0.435 e. The molecule has 0 bridgehead atoms. The monoisotopic (exact) mass is 305 g/mol. The summed E-state index contributed by atoms with van der Waals surface area (Å²) in [5.41, 5.74) is -1.12. The summed E-state index contributed by atoms with van der Waals surface area (Å²) in [6.45, 7) is 2.61. The summed E-state index contributed by atoms with van der Waals surface area (Å²) in [6.07, 6.45) is 2.00. The van der Waals surface area contributed by atoms with Crippen LogP contribution in [0, 0.1) is 0 Å². The highest BCUT2D eigenvalue weighted by molar-refractivity contribution is 5.92. The molecule has 1 rings (SSSR count). The molecule has 1 N–H and O–H groups in total. The number of hydrogen-bond donors (Lipinski definition) is 1. The number of aromatic nitrogens is 2. The third kappa shape index (κ3) is 5.77. The van der Waals surface area contributed by atoms with E-state index in [1.807, 2.05) is 0 Å². The smallest absolute Gasteiger partial charge is 0.351 e. The van der Waals surface area contributed by atoms with E-state index in [1.54, 1.807) is 0 Å². The lowest BCUT2D eigenvalue weighted by atomic mass is 10.1. The molecule has 0 aliphatic rings. The molecule has 0 saturated carbocycles. The Labute approximate surface area is 122 Å². The molecule has 0 radical (unpaired) electrons. The first kappa shape index (κ1) is 17.5. The minimum atomic E-state index is -4.53. The standard InChI is InChI=1S/C14H22F3N3O/c1-3-4-5-6-7-8-9-18-13(21)11-10-12(14(15,16)17)19-20(11)2/h10H,3-9H2,1-2H3,(H,18,21). The molecule has 7 heteroatoms. The second-order valence-corrected chi connectivity index (χ2v) is 5.06. The Kier molecular flexibility index (Phi) is 6.71. The second kappa shape index (κ2) is 8.05. The molecule has 4 nitrogen and oxygen atoms in total. The maximum Gasteiger partial charge on any atom is 0.435 e. The highest BCUT2D eigenvalue weighted by atomic mass is 19.4. The predicted octanol–water partition coefficient (Wildman–Crippen LogP) is 3.53. The minimum Gasteiger partial charge on any atom is -0.351 e. The number of nitrogens with zero attached hydrogens (tertiary/aromatic N) is 2. The zero-order valence-electron chi connectivity index (χ0n) is 12.5. The molecule has 1 aromatic rings. The Balaban J connectivity index is 2.37. The third-order valence-corrected chi connectivity index (χ3v) is 3.22. The number of nitrogens with one attached hydrogen (secondary N) is 1. The average molecular weight is 305 g/mol. The van der Waals surface area contributed by atoms with Gasteiger partial charge in [0.2, 0.25) is 0 Å². The van der Waals surface area contributed by atoms with Gasteiger partial charge < -0.3 is 5.32 Å². The second-order valence-electron chi connectivity index (χ2n) is 5.06. The van der Waals surface area contributed by atoms with Crippen molar-refractivity contribution in [1.29, 1.82) is 0 Å². The number of halogens is 3. The molecule has 0 spiro atoms. The summed E-state index contributed by atoms with van der Waals surface area (Å²) in [4.78, 5) is 11.8. The first-order valence-corrected chi connectivity index (χ1v) is 7.25. The molecule has 1 aromatic heterocycles. The summed E-state index contributed by atoms with van der Waals surface area (Å²) < 4.78 is 38.4. The van der Waals surface area contributed by atoms with Gasteiger partial charge >= 0.3 is 6.18 Å². The molecule has 0 fully saturated rings. The maximum atomic E-state index is 12.5. The lowest BCUT2D eigenvalue weighted by molar-refractivity contribution is -0.141. The molecule has 0 atom stereocenters. The molecular weight excluding hydrogens is 283 g/mol. The molecule has 0 aliphatic heterocycles. The van der Waals surface area contributed by atoms with Gasteiger partial charge in [-0.1, -0.05) is 39.0 Å². The van der Waals surface area contributed by atoms with E-state index < -0.39 is 17.8 Å². The van der Waals surface area contributed by atoms with Crippen LogP contribution >= 0.6 is 0 Å². The number of unbranched alkanes of at least 4 members (excludes halogenated alkanes) is 5. The van der Waals surface area contributed by atoms with E-state index >= 15 is 0 Å². The van der Waals surface area contributed by atoms with Crippen LogP contribution in [-0.2, 0) is 13.2 Å². The predicted molar refractivity (Wildman–Crippen MR) is 73.9 cm³/mol. The summed E-state index contributed by atoms with van der Waals surface area (Å²) in [6, 6.07) is 0.774. The zero-order chi connectivity index (χ0) is 15.9. The van der Waals surface area contributed by atoms with Crippen molar-refractivity contribution in [1.82, 2.24) is 15.1 Å². The Bertz CT molecular complexity index is 455. The first-order valence-electron chi connectivity index (χ1n) is 7.25. The van der Waals surface area contributed by atoms with Gasteiger partial charge in [0.1, 0.15) is 5.69 Å². The minimum absolute atomic E-state index is 0.0756. The number of alkyl halides is 3. The molecule has 1 amide bonds. The van der Waals surface area contributed by atoms with Crippen LogP contribution in [0.15, 0.2) is 6.07 Å². The Morgan fingerprint density at radius 2 is 1.86 bits per heavy atom. The van der Waals surface area contributed by atoms with E-state index in [0.29, 0.717) is 6.54 Å². The molecule has 0 unspecified atom stereocenters. The van der Waals surface area contributed by atoms with Crippen molar-refractivity contribution >= 4 is 5.91 Å². The van der Waals surface area contributed by atoms with Crippen LogP contribution < -0.4 is 5.32 Å². The van der Waals surface area contributed by atoms with E-state index in [-0.39, 0.29) is 5.69 Å². The maximum absolute atomic E-state index is 12.5. The van der Waals surface area contributed by atoms with E-state index in [9.17, 15) is 18.0 Å². The summed E-state index contributed by atoms with van der Waals surface area (Å²) >= 11 is 0. The topological polar surface area (TPSA) is 46.9 Å². The van der Waals surface area contributed by atoms with Gasteiger partial charge in [0.15, 0.2) is 5.69 Å². The van der Waals surface area contributed by atoms with Gasteiger partial charge in [-0.25, -0.2) is 0 Å². The summed E-state index contributed by atoms with van der Waals surface area (Å²) in [5, 5.41) is 5.94. The summed E-state index contributed by atoms with van der Waals surface area (Å²) in [5.74, 6) is -0.519. The molecule has 21 heavy (non-hydrogen) atoms. The van der Waals surface area contributed by atoms with Crippen molar-refractivity contribution in [3.8, 4) is 0 Å². The Morgan fingerprint density at radius 3 is 2.43 bits per heavy atom. The summed E-state index contributed by atoms with van der Waals surface area (Å²) in [7, 11) is 1.33. The van der Waals surface area contributed by atoms with Gasteiger partial charge in [0.05, 0.1) is 0 Å². The highest BCUT2D eigenvalue weighted by Gasteiger charge is 2.35. The quantitative estimate of drug-likeness (QED) is 0.747. The SMILES string of the molecule is CCCCCCCCNC(=O)c1cc(C(F)(F)F)nn1C. The highest BCUT2D eigenvalue weighted by Crippen LogP contribution is 2.28. The van der Waals surface area contributed by atoms with Gasteiger partial charge in [0, 0.05) is 19.7 Å². The number of hydrogen-bond acceptors (Lipinski definition) is 2. The van der Waals surface area contributed by atoms with Crippen molar-refractivity contribution in [2.45, 2.75) is 51.6 Å². The average Bonchev–Trinajstić information content (AvgIpc) is 2.79. The van der Waals surface area contributed by atoms with Crippen molar-refractivity contribution < 1.29 is 18.0 Å². The Morgan fingerprint density at radius 1 is 1.24 bits per heavy atom. The van der Waals surface area contributed by atoms with Crippen molar-refractivity contribution in [3.05, 3.63) is 17.5 Å². The van der Waals surface area contributed by atoms with Crippen LogP contribution in [0.4, 0.5) is 13.2 Å². The van der Waals surface area contributed by atoms with Gasteiger partial charge in [-0.3, -0.25) is 9.48 Å². The molecule has 1 heterocycles. The van der Waals surface area contributed by atoms with E-state index in [0.717, 1.165) is 30.0 Å². The van der Waals surface area contributed by atoms with Crippen LogP contribution in [0.5, 0.6) is 0 Å². The normalized spacial score (nSPS) is 11.7. The number of rotatable bonds is 8. The zero-order valence-corrected chi connectivity index (χ0v) is 12.5. The Hall–Kier alpha value is -1.53. The van der Waals surface area contributed by atoms with E-state index in [2.05, 4.69) is 17.3 Å². The van der Waals surface area contributed by atoms with Crippen LogP contribution in [0.1, 0.15) is 61.6 Å². The van der Waals surface area contributed by atoms with Gasteiger partial charge in [-0.05, 0) is 6.42 Å². The van der Waals surface area contributed by atoms with Crippen LogP contribution in [0.3, 0.4) is 0 Å². The lowest BCUT2D eigenvalue weighted by Gasteiger charge is -2.05. The van der Waals surface area contributed by atoms with Crippen molar-refractivity contribution in [2.24, 2.45) is 7.05 Å². The van der Waals surface area contributed by atoms with Crippen molar-refractivity contribution in [2.75, 3.05) is 6.54 Å². The lowest BCUT2D eigenvalue weighted by Crippen LogP contribution is -2.26. The van der Waals surface area contributed by atoms with E-state index in [1.165, 1.54) is 26.3 Å². The molecule has 0 saturated heterocycles.